The summed E-state index contributed by atoms with van der Waals surface area (Å²) in [5, 5.41) is 4.22. The second kappa shape index (κ2) is 6.32. The summed E-state index contributed by atoms with van der Waals surface area (Å²) in [5.74, 6) is 0.556. The lowest BCUT2D eigenvalue weighted by Crippen LogP contribution is -2.25. The number of anilines is 1. The summed E-state index contributed by atoms with van der Waals surface area (Å²) in [7, 11) is 0. The van der Waals surface area contributed by atoms with Gasteiger partial charge in [0.2, 0.25) is 0 Å². The van der Waals surface area contributed by atoms with Crippen molar-refractivity contribution in [3.63, 3.8) is 0 Å². The number of nitrogens with two attached hydrogens (primary N) is 1. The molecule has 0 saturated heterocycles. The number of carbonyl (C=O) groups is 1. The van der Waals surface area contributed by atoms with Crippen LogP contribution in [0.15, 0.2) is 60.8 Å². The van der Waals surface area contributed by atoms with Gasteiger partial charge >= 0.3 is 5.97 Å². The third kappa shape index (κ3) is 2.82. The zero-order valence-corrected chi connectivity index (χ0v) is 13.5. The van der Waals surface area contributed by atoms with E-state index in [0.717, 1.165) is 17.0 Å². The Kier molecular flexibility index (Phi) is 3.85. The quantitative estimate of drug-likeness (QED) is 0.745. The van der Waals surface area contributed by atoms with Gasteiger partial charge < -0.3 is 15.2 Å². The molecule has 2 N–H and O–H groups in total. The number of nitrogens with zero attached hydrogens (tertiary/aromatic N) is 2. The highest BCUT2D eigenvalue weighted by atomic mass is 16.5. The van der Waals surface area contributed by atoms with Crippen molar-refractivity contribution in [2.24, 2.45) is 0 Å². The van der Waals surface area contributed by atoms with Gasteiger partial charge in [-0.05, 0) is 24.6 Å². The first-order chi connectivity index (χ1) is 12.2. The summed E-state index contributed by atoms with van der Waals surface area (Å²) in [4.78, 5) is 12.7. The van der Waals surface area contributed by atoms with Gasteiger partial charge in [0.05, 0.1) is 24.4 Å². The van der Waals surface area contributed by atoms with Gasteiger partial charge in [-0.25, -0.2) is 4.68 Å². The zero-order valence-electron chi connectivity index (χ0n) is 13.5. The first-order valence-electron chi connectivity index (χ1n) is 8.06. The van der Waals surface area contributed by atoms with E-state index in [4.69, 9.17) is 15.2 Å². The summed E-state index contributed by atoms with van der Waals surface area (Å²) >= 11 is 0. The molecule has 6 nitrogen and oxygen atoms in total. The van der Waals surface area contributed by atoms with Crippen LogP contribution in [0.4, 0.5) is 5.82 Å². The minimum absolute atomic E-state index is 0.262. The molecule has 0 spiro atoms. The van der Waals surface area contributed by atoms with Crippen LogP contribution in [0.1, 0.15) is 17.9 Å². The summed E-state index contributed by atoms with van der Waals surface area (Å²) in [5.41, 5.74) is 7.75. The topological polar surface area (TPSA) is 79.4 Å². The molecular weight excluding hydrogens is 318 g/mol. The summed E-state index contributed by atoms with van der Waals surface area (Å²) < 4.78 is 12.7. The molecule has 1 aliphatic heterocycles. The molecule has 0 radical (unpaired) electrons. The summed E-state index contributed by atoms with van der Waals surface area (Å²) in [6.07, 6.45) is 2.04. The Morgan fingerprint density at radius 2 is 1.92 bits per heavy atom. The van der Waals surface area contributed by atoms with Gasteiger partial charge in [-0.15, -0.1) is 0 Å². The zero-order chi connectivity index (χ0) is 17.2. The fourth-order valence-electron chi connectivity index (χ4n) is 2.96. The molecule has 4 rings (SSSR count). The third-order valence-electron chi connectivity index (χ3n) is 4.23. The van der Waals surface area contributed by atoms with E-state index in [2.05, 4.69) is 5.10 Å². The lowest BCUT2D eigenvalue weighted by Gasteiger charge is -2.24. The van der Waals surface area contributed by atoms with Crippen molar-refractivity contribution in [3.05, 3.63) is 66.4 Å². The van der Waals surface area contributed by atoms with E-state index in [1.165, 1.54) is 6.20 Å². The van der Waals surface area contributed by atoms with E-state index in [1.54, 1.807) is 4.68 Å². The Hall–Kier alpha value is -3.28. The molecule has 2 aromatic carbocycles. The van der Waals surface area contributed by atoms with E-state index < -0.39 is 0 Å². The number of rotatable bonds is 3. The average Bonchev–Trinajstić information content (AvgIpc) is 3.02. The van der Waals surface area contributed by atoms with Crippen LogP contribution in [-0.4, -0.2) is 22.4 Å². The first-order valence-corrected chi connectivity index (χ1v) is 8.06. The Morgan fingerprint density at radius 1 is 1.16 bits per heavy atom. The number of nitrogen functional groups attached to an aromatic ring is 1. The molecule has 0 amide bonds. The molecule has 25 heavy (non-hydrogen) atoms. The predicted molar refractivity (Wildman–Crippen MR) is 92.9 cm³/mol. The average molecular weight is 335 g/mol. The lowest BCUT2D eigenvalue weighted by molar-refractivity contribution is -0.136. The molecule has 1 aromatic heterocycles. The SMILES string of the molecule is Nc1c(OC(=O)C2CCOc3ccccc32)cnn1-c1ccccc1. The van der Waals surface area contributed by atoms with Crippen molar-refractivity contribution in [3.8, 4) is 17.2 Å². The van der Waals surface area contributed by atoms with Crippen LogP contribution >= 0.6 is 0 Å². The maximum Gasteiger partial charge on any atom is 0.319 e. The maximum absolute atomic E-state index is 12.7. The van der Waals surface area contributed by atoms with E-state index in [9.17, 15) is 4.79 Å². The van der Waals surface area contributed by atoms with Crippen LogP contribution in [0.25, 0.3) is 5.69 Å². The van der Waals surface area contributed by atoms with Gasteiger partial charge in [0, 0.05) is 5.56 Å². The molecular formula is C19H17N3O3. The number of hydrogen-bond donors (Lipinski definition) is 1. The maximum atomic E-state index is 12.7. The third-order valence-corrected chi connectivity index (χ3v) is 4.23. The molecule has 1 atom stereocenters. The van der Waals surface area contributed by atoms with Crippen molar-refractivity contribution in [1.82, 2.24) is 9.78 Å². The van der Waals surface area contributed by atoms with Crippen molar-refractivity contribution >= 4 is 11.8 Å². The number of hydrogen-bond acceptors (Lipinski definition) is 5. The Balaban J connectivity index is 1.58. The number of benzene rings is 2. The number of aromatic nitrogens is 2. The molecule has 126 valence electrons. The summed E-state index contributed by atoms with van der Waals surface area (Å²) in [6.45, 7) is 0.482. The van der Waals surface area contributed by atoms with Gasteiger partial charge in [-0.1, -0.05) is 36.4 Å². The van der Waals surface area contributed by atoms with Gasteiger partial charge in [-0.2, -0.15) is 5.10 Å². The molecule has 0 saturated carbocycles. The number of para-hydroxylation sites is 2. The Bertz CT molecular complexity index is 905. The second-order valence-electron chi connectivity index (χ2n) is 5.79. The smallest absolute Gasteiger partial charge is 0.319 e. The van der Waals surface area contributed by atoms with E-state index >= 15 is 0 Å². The molecule has 0 bridgehead atoms. The highest BCUT2D eigenvalue weighted by Gasteiger charge is 2.30. The Labute approximate surface area is 144 Å². The van der Waals surface area contributed by atoms with Gasteiger partial charge in [0.1, 0.15) is 5.75 Å². The predicted octanol–water partition coefficient (Wildman–Crippen LogP) is 2.93. The van der Waals surface area contributed by atoms with Gasteiger partial charge in [0.15, 0.2) is 11.6 Å². The molecule has 2 heterocycles. The fourth-order valence-corrected chi connectivity index (χ4v) is 2.96. The van der Waals surface area contributed by atoms with Crippen LogP contribution in [0.5, 0.6) is 11.5 Å². The highest BCUT2D eigenvalue weighted by molar-refractivity contribution is 5.82. The number of ether oxygens (including phenoxy) is 2. The number of fused-ring (bicyclic) bond motifs is 1. The highest BCUT2D eigenvalue weighted by Crippen LogP contribution is 2.35. The van der Waals surface area contributed by atoms with Crippen molar-refractivity contribution in [2.45, 2.75) is 12.3 Å². The lowest BCUT2D eigenvalue weighted by atomic mass is 9.93. The van der Waals surface area contributed by atoms with Crippen molar-refractivity contribution < 1.29 is 14.3 Å². The molecule has 1 aliphatic rings. The van der Waals surface area contributed by atoms with Crippen LogP contribution in [0.3, 0.4) is 0 Å². The van der Waals surface area contributed by atoms with E-state index in [0.29, 0.717) is 18.8 Å². The van der Waals surface area contributed by atoms with Gasteiger partial charge in [-0.3, -0.25) is 4.79 Å². The minimum Gasteiger partial charge on any atom is -0.493 e. The van der Waals surface area contributed by atoms with Crippen LogP contribution in [0, 0.1) is 0 Å². The number of carbonyl (C=O) groups excluding carboxylic acids is 1. The molecule has 3 aromatic rings. The molecule has 1 unspecified atom stereocenters. The monoisotopic (exact) mass is 335 g/mol. The second-order valence-corrected chi connectivity index (χ2v) is 5.79. The molecule has 6 heteroatoms. The van der Waals surface area contributed by atoms with Crippen molar-refractivity contribution in [2.75, 3.05) is 12.3 Å². The fraction of sp³-hybridized carbons (Fsp3) is 0.158. The van der Waals surface area contributed by atoms with Crippen LogP contribution in [0.2, 0.25) is 0 Å². The summed E-state index contributed by atoms with van der Waals surface area (Å²) in [6, 6.07) is 17.0. The first kappa shape index (κ1) is 15.3. The Morgan fingerprint density at radius 3 is 2.76 bits per heavy atom. The van der Waals surface area contributed by atoms with E-state index in [1.807, 2.05) is 54.6 Å². The largest absolute Gasteiger partial charge is 0.493 e. The minimum atomic E-state index is -0.371. The van der Waals surface area contributed by atoms with Crippen LogP contribution in [-0.2, 0) is 4.79 Å². The van der Waals surface area contributed by atoms with E-state index in [-0.39, 0.29) is 17.6 Å². The molecule has 0 fully saturated rings. The van der Waals surface area contributed by atoms with Crippen LogP contribution < -0.4 is 15.2 Å². The normalized spacial score (nSPS) is 15.9. The molecule has 0 aliphatic carbocycles. The number of esters is 1. The van der Waals surface area contributed by atoms with Crippen molar-refractivity contribution in [1.29, 1.82) is 0 Å². The van der Waals surface area contributed by atoms with Gasteiger partial charge in [0.25, 0.3) is 0 Å². The standard InChI is InChI=1S/C19H17N3O3/c20-18-17(12-21-22(18)13-6-2-1-3-7-13)25-19(23)15-10-11-24-16-9-5-4-8-14(15)16/h1-9,12,15H,10-11,20H2.